The van der Waals surface area contributed by atoms with Crippen molar-refractivity contribution in [1.82, 2.24) is 4.31 Å². The van der Waals surface area contributed by atoms with Gasteiger partial charge in [0.15, 0.2) is 0 Å². The molecule has 0 spiro atoms. The first-order chi connectivity index (χ1) is 16.1. The van der Waals surface area contributed by atoms with E-state index in [1.54, 1.807) is 42.5 Å². The maximum atomic E-state index is 13.5. The molecular weight excluding hydrogens is 482 g/mol. The van der Waals surface area contributed by atoms with Gasteiger partial charge in [0.2, 0.25) is 10.0 Å². The molecule has 34 heavy (non-hydrogen) atoms. The summed E-state index contributed by atoms with van der Waals surface area (Å²) in [7, 11) is -4.50. The molecule has 0 amide bonds. The number of rotatable bonds is 8. The maximum Gasteiger partial charge on any atom is 0.325 e. The molecule has 4 rings (SSSR count). The quantitative estimate of drug-likeness (QED) is 0.427. The van der Waals surface area contributed by atoms with Crippen molar-refractivity contribution in [2.24, 2.45) is 0 Å². The van der Waals surface area contributed by atoms with Crippen LogP contribution in [0.15, 0.2) is 77.7 Å². The van der Waals surface area contributed by atoms with Crippen LogP contribution < -0.4 is 0 Å². The van der Waals surface area contributed by atoms with E-state index in [0.29, 0.717) is 20.5 Å². The summed E-state index contributed by atoms with van der Waals surface area (Å²) >= 11 is 5.90. The Labute approximate surface area is 200 Å². The van der Waals surface area contributed by atoms with Crippen LogP contribution in [0.5, 0.6) is 5.75 Å². The number of nitrogens with zero attached hydrogens (tertiary/aromatic N) is 1. The number of halogens is 1. The molecule has 1 aliphatic carbocycles. The van der Waals surface area contributed by atoms with Gasteiger partial charge in [-0.05, 0) is 59.5 Å². The highest BCUT2D eigenvalue weighted by atomic mass is 35.5. The molecule has 176 valence electrons. The molecule has 0 saturated heterocycles. The monoisotopic (exact) mass is 501 g/mol. The molecule has 10 heteroatoms. The Hall–Kier alpha value is -3.40. The van der Waals surface area contributed by atoms with Crippen molar-refractivity contribution in [2.45, 2.75) is 22.8 Å². The molecule has 0 aliphatic heterocycles. The zero-order chi connectivity index (χ0) is 24.7. The van der Waals surface area contributed by atoms with E-state index in [-0.39, 0.29) is 17.1 Å². The molecule has 3 N–H and O–H groups in total. The van der Waals surface area contributed by atoms with E-state index >= 15 is 0 Å². The van der Waals surface area contributed by atoms with Gasteiger partial charge in [-0.1, -0.05) is 48.0 Å². The van der Waals surface area contributed by atoms with Crippen molar-refractivity contribution in [3.63, 3.8) is 0 Å². The lowest BCUT2D eigenvalue weighted by Gasteiger charge is -2.28. The zero-order valence-electron chi connectivity index (χ0n) is 17.6. The molecule has 0 bridgehead atoms. The molecule has 8 nitrogen and oxygen atoms in total. The molecule has 2 atom stereocenters. The Balaban J connectivity index is 1.73. The third-order valence-corrected chi connectivity index (χ3v) is 8.07. The summed E-state index contributed by atoms with van der Waals surface area (Å²) in [5, 5.41) is 29.8. The van der Waals surface area contributed by atoms with Crippen LogP contribution in [0.3, 0.4) is 0 Å². The van der Waals surface area contributed by atoms with Crippen LogP contribution in [0.25, 0.3) is 11.1 Å². The van der Waals surface area contributed by atoms with Gasteiger partial charge in [0.1, 0.15) is 17.8 Å². The molecule has 0 radical (unpaired) electrons. The summed E-state index contributed by atoms with van der Waals surface area (Å²) in [5.74, 6) is -3.86. The van der Waals surface area contributed by atoms with Crippen LogP contribution >= 0.6 is 11.6 Å². The van der Waals surface area contributed by atoms with E-state index in [9.17, 15) is 33.3 Å². The van der Waals surface area contributed by atoms with Gasteiger partial charge in [0.25, 0.3) is 0 Å². The number of aliphatic carboxylic acids is 2. The van der Waals surface area contributed by atoms with Gasteiger partial charge in [0.05, 0.1) is 4.90 Å². The Morgan fingerprint density at radius 1 is 0.971 bits per heavy atom. The standard InChI is InChI=1S/C24H20ClNO7S/c25-18-8-4-15(5-9-18)16-6-10-20(11-7-16)34(32,33)26(14-22(28)29)24(23(30)31)13-21(24)17-2-1-3-19(27)12-17/h1-12,21,27H,13-14H2,(H,28,29)(H,30,31)/t21-,24+/m0/s1. The number of carboxylic acid groups (broad SMARTS) is 2. The molecule has 0 heterocycles. The van der Waals surface area contributed by atoms with Crippen LogP contribution in [-0.4, -0.2) is 52.1 Å². The van der Waals surface area contributed by atoms with Gasteiger partial charge in [-0.15, -0.1) is 0 Å². The molecule has 3 aromatic carbocycles. The first kappa shape index (κ1) is 23.7. The fourth-order valence-electron chi connectivity index (χ4n) is 4.16. The molecule has 0 aromatic heterocycles. The van der Waals surface area contributed by atoms with Crippen molar-refractivity contribution in [2.75, 3.05) is 6.54 Å². The largest absolute Gasteiger partial charge is 0.508 e. The topological polar surface area (TPSA) is 132 Å². The van der Waals surface area contributed by atoms with Crippen molar-refractivity contribution >= 4 is 33.6 Å². The number of aromatic hydroxyl groups is 1. The first-order valence-corrected chi connectivity index (χ1v) is 12.0. The number of sulfonamides is 1. The average molecular weight is 502 g/mol. The van der Waals surface area contributed by atoms with Crippen molar-refractivity contribution in [1.29, 1.82) is 0 Å². The summed E-state index contributed by atoms with van der Waals surface area (Å²) in [5.41, 5.74) is -0.0766. The summed E-state index contributed by atoms with van der Waals surface area (Å²) in [6, 6.07) is 18.5. The van der Waals surface area contributed by atoms with E-state index in [4.69, 9.17) is 11.6 Å². The number of phenolic OH excluding ortho intramolecular Hbond substituents is 1. The number of hydrogen-bond donors (Lipinski definition) is 3. The highest BCUT2D eigenvalue weighted by Gasteiger charge is 2.68. The number of benzene rings is 3. The predicted molar refractivity (Wildman–Crippen MR) is 124 cm³/mol. The van der Waals surface area contributed by atoms with Gasteiger partial charge >= 0.3 is 11.9 Å². The van der Waals surface area contributed by atoms with Crippen LogP contribution in [0, 0.1) is 0 Å². The minimum Gasteiger partial charge on any atom is -0.508 e. The second-order valence-corrected chi connectivity index (χ2v) is 10.3. The van der Waals surface area contributed by atoms with E-state index in [2.05, 4.69) is 0 Å². The molecule has 1 saturated carbocycles. The average Bonchev–Trinajstić information content (AvgIpc) is 3.55. The fraction of sp³-hybridized carbons (Fsp3) is 0.167. The third kappa shape index (κ3) is 4.25. The Morgan fingerprint density at radius 3 is 2.09 bits per heavy atom. The lowest BCUT2D eigenvalue weighted by Crippen LogP contribution is -2.50. The minimum absolute atomic E-state index is 0.103. The van der Waals surface area contributed by atoms with Gasteiger partial charge in [0, 0.05) is 10.9 Å². The second kappa shape index (κ2) is 8.75. The minimum atomic E-state index is -4.50. The van der Waals surface area contributed by atoms with Crippen molar-refractivity contribution < 1.29 is 33.3 Å². The first-order valence-electron chi connectivity index (χ1n) is 10.2. The van der Waals surface area contributed by atoms with Gasteiger partial charge in [-0.3, -0.25) is 9.59 Å². The lowest BCUT2D eigenvalue weighted by atomic mass is 10.1. The zero-order valence-corrected chi connectivity index (χ0v) is 19.2. The van der Waals surface area contributed by atoms with Crippen LogP contribution in [0.2, 0.25) is 5.02 Å². The van der Waals surface area contributed by atoms with E-state index in [0.717, 1.165) is 5.56 Å². The van der Waals surface area contributed by atoms with Crippen LogP contribution in [-0.2, 0) is 19.6 Å². The van der Waals surface area contributed by atoms with E-state index in [1.807, 2.05) is 0 Å². The highest BCUT2D eigenvalue weighted by Crippen LogP contribution is 2.57. The molecular formula is C24H20ClNO7S. The van der Waals surface area contributed by atoms with Gasteiger partial charge < -0.3 is 15.3 Å². The molecule has 1 fully saturated rings. The number of phenols is 1. The molecule has 0 unspecified atom stereocenters. The van der Waals surface area contributed by atoms with E-state index < -0.39 is 40.0 Å². The normalized spacial score (nSPS) is 19.6. The summed E-state index contributed by atoms with van der Waals surface area (Å²) in [6.45, 7) is -1.02. The number of carbonyl (C=O) groups is 2. The predicted octanol–water partition coefficient (Wildman–Crippen LogP) is 3.80. The molecule has 3 aromatic rings. The maximum absolute atomic E-state index is 13.5. The van der Waals surface area contributed by atoms with E-state index in [1.165, 1.54) is 30.3 Å². The highest BCUT2D eigenvalue weighted by molar-refractivity contribution is 7.89. The molecule has 1 aliphatic rings. The summed E-state index contributed by atoms with van der Waals surface area (Å²) in [4.78, 5) is 23.7. The summed E-state index contributed by atoms with van der Waals surface area (Å²) < 4.78 is 27.6. The van der Waals surface area contributed by atoms with Crippen LogP contribution in [0.1, 0.15) is 17.9 Å². The lowest BCUT2D eigenvalue weighted by molar-refractivity contribution is -0.145. The fourth-order valence-corrected chi connectivity index (χ4v) is 6.01. The van der Waals surface area contributed by atoms with Gasteiger partial charge in [-0.25, -0.2) is 8.42 Å². The van der Waals surface area contributed by atoms with Crippen molar-refractivity contribution in [3.8, 4) is 16.9 Å². The number of hydrogen-bond acceptors (Lipinski definition) is 5. The Morgan fingerprint density at radius 2 is 1.56 bits per heavy atom. The third-order valence-electron chi connectivity index (χ3n) is 5.92. The number of carboxylic acids is 2. The Kier molecular flexibility index (Phi) is 6.11. The van der Waals surface area contributed by atoms with Crippen molar-refractivity contribution in [3.05, 3.63) is 83.4 Å². The summed E-state index contributed by atoms with van der Waals surface area (Å²) in [6.07, 6.45) is -0.124. The Bertz CT molecular complexity index is 1360. The second-order valence-electron chi connectivity index (χ2n) is 8.02. The van der Waals surface area contributed by atoms with Crippen LogP contribution in [0.4, 0.5) is 0 Å². The SMILES string of the molecule is O=C(O)CN([C@]1(C(=O)O)C[C@H]1c1cccc(O)c1)S(=O)(=O)c1ccc(-c2ccc(Cl)cc2)cc1. The smallest absolute Gasteiger partial charge is 0.325 e. The van der Waals surface area contributed by atoms with Gasteiger partial charge in [-0.2, -0.15) is 4.31 Å².